The Balaban J connectivity index is 1.56. The van der Waals surface area contributed by atoms with Gasteiger partial charge in [-0.15, -0.1) is 0 Å². The lowest BCUT2D eigenvalue weighted by atomic mass is 10.2. The highest BCUT2D eigenvalue weighted by atomic mass is 16.5. The van der Waals surface area contributed by atoms with Gasteiger partial charge >= 0.3 is 0 Å². The molecule has 0 spiro atoms. The molecule has 0 saturated heterocycles. The standard InChI is InChI=1S/C22H19N5O/c1-2-7-16(8-3-1)15-24-21-17-9-6-12-23-20(17)25-22(26-21)27-13-14-28-19-11-5-4-10-18(19)27/h1-12H,13-15H2,(H,23,24,25,26). The van der Waals surface area contributed by atoms with Crippen molar-refractivity contribution in [1.29, 1.82) is 0 Å². The number of nitrogens with one attached hydrogen (secondary N) is 1. The third-order valence-electron chi connectivity index (χ3n) is 4.73. The van der Waals surface area contributed by atoms with Crippen LogP contribution in [0.15, 0.2) is 72.9 Å². The van der Waals surface area contributed by atoms with Crippen molar-refractivity contribution in [2.45, 2.75) is 6.54 Å². The second kappa shape index (κ2) is 7.15. The molecule has 0 bridgehead atoms. The van der Waals surface area contributed by atoms with Gasteiger partial charge in [0.15, 0.2) is 5.65 Å². The summed E-state index contributed by atoms with van der Waals surface area (Å²) in [7, 11) is 0. The lowest BCUT2D eigenvalue weighted by molar-refractivity contribution is 0.313. The molecule has 0 atom stereocenters. The molecule has 6 heteroatoms. The molecule has 28 heavy (non-hydrogen) atoms. The first-order valence-corrected chi connectivity index (χ1v) is 9.28. The summed E-state index contributed by atoms with van der Waals surface area (Å²) in [5, 5.41) is 4.36. The lowest BCUT2D eigenvalue weighted by Gasteiger charge is -2.29. The fourth-order valence-electron chi connectivity index (χ4n) is 3.37. The molecular formula is C22H19N5O. The van der Waals surface area contributed by atoms with Crippen LogP contribution in [-0.2, 0) is 6.54 Å². The average molecular weight is 369 g/mol. The van der Waals surface area contributed by atoms with Crippen LogP contribution < -0.4 is 15.0 Å². The Hall–Kier alpha value is -3.67. The Morgan fingerprint density at radius 1 is 0.929 bits per heavy atom. The number of ether oxygens (including phenoxy) is 1. The Bertz CT molecular complexity index is 1120. The number of aromatic nitrogens is 3. The predicted molar refractivity (Wildman–Crippen MR) is 110 cm³/mol. The quantitative estimate of drug-likeness (QED) is 0.583. The highest BCUT2D eigenvalue weighted by molar-refractivity contribution is 5.88. The topological polar surface area (TPSA) is 63.2 Å². The Morgan fingerprint density at radius 2 is 1.79 bits per heavy atom. The average Bonchev–Trinajstić information content (AvgIpc) is 2.77. The minimum atomic E-state index is 0.591. The Kier molecular flexibility index (Phi) is 4.21. The first-order chi connectivity index (χ1) is 13.9. The van der Waals surface area contributed by atoms with Crippen LogP contribution in [0.3, 0.4) is 0 Å². The first kappa shape index (κ1) is 16.5. The number of hydrogen-bond acceptors (Lipinski definition) is 6. The minimum absolute atomic E-state index is 0.591. The van der Waals surface area contributed by atoms with Crippen LogP contribution in [0.5, 0.6) is 5.75 Å². The van der Waals surface area contributed by atoms with Crippen molar-refractivity contribution in [3.8, 4) is 5.75 Å². The molecule has 1 N–H and O–H groups in total. The van der Waals surface area contributed by atoms with E-state index in [-0.39, 0.29) is 0 Å². The maximum Gasteiger partial charge on any atom is 0.234 e. The van der Waals surface area contributed by atoms with Gasteiger partial charge in [0.1, 0.15) is 18.2 Å². The molecule has 2 aromatic carbocycles. The van der Waals surface area contributed by atoms with E-state index in [9.17, 15) is 0 Å². The van der Waals surface area contributed by atoms with Gasteiger partial charge in [0.25, 0.3) is 0 Å². The third kappa shape index (κ3) is 3.09. The van der Waals surface area contributed by atoms with Crippen molar-refractivity contribution in [3.05, 3.63) is 78.5 Å². The van der Waals surface area contributed by atoms with Crippen molar-refractivity contribution >= 4 is 28.5 Å². The molecule has 1 aliphatic heterocycles. The van der Waals surface area contributed by atoms with Crippen molar-refractivity contribution in [3.63, 3.8) is 0 Å². The van der Waals surface area contributed by atoms with Gasteiger partial charge in [-0.2, -0.15) is 9.97 Å². The minimum Gasteiger partial charge on any atom is -0.490 e. The number of anilines is 3. The molecule has 0 unspecified atom stereocenters. The van der Waals surface area contributed by atoms with Crippen molar-refractivity contribution < 1.29 is 4.74 Å². The van der Waals surface area contributed by atoms with E-state index >= 15 is 0 Å². The van der Waals surface area contributed by atoms with Gasteiger partial charge in [0.2, 0.25) is 5.95 Å². The number of benzene rings is 2. The highest BCUT2D eigenvalue weighted by Crippen LogP contribution is 2.35. The van der Waals surface area contributed by atoms with Gasteiger partial charge < -0.3 is 15.0 Å². The second-order valence-corrected chi connectivity index (χ2v) is 6.55. The van der Waals surface area contributed by atoms with Crippen LogP contribution in [0.4, 0.5) is 17.5 Å². The van der Waals surface area contributed by atoms with Crippen molar-refractivity contribution in [1.82, 2.24) is 15.0 Å². The molecule has 0 amide bonds. The molecular weight excluding hydrogens is 350 g/mol. The fraction of sp³-hybridized carbons (Fsp3) is 0.136. The van der Waals surface area contributed by atoms with E-state index in [2.05, 4.69) is 27.3 Å². The van der Waals surface area contributed by atoms with E-state index in [0.717, 1.165) is 22.6 Å². The molecule has 6 nitrogen and oxygen atoms in total. The molecule has 1 aliphatic rings. The lowest BCUT2D eigenvalue weighted by Crippen LogP contribution is -2.30. The van der Waals surface area contributed by atoms with Crippen LogP contribution >= 0.6 is 0 Å². The van der Waals surface area contributed by atoms with Crippen LogP contribution in [0.2, 0.25) is 0 Å². The van der Waals surface area contributed by atoms with E-state index in [0.29, 0.717) is 31.3 Å². The molecule has 138 valence electrons. The zero-order valence-electron chi connectivity index (χ0n) is 15.2. The third-order valence-corrected chi connectivity index (χ3v) is 4.73. The summed E-state index contributed by atoms with van der Waals surface area (Å²) >= 11 is 0. The highest BCUT2D eigenvalue weighted by Gasteiger charge is 2.22. The number of pyridine rings is 1. The zero-order chi connectivity index (χ0) is 18.8. The number of rotatable bonds is 4. The van der Waals surface area contributed by atoms with Gasteiger partial charge in [-0.1, -0.05) is 42.5 Å². The second-order valence-electron chi connectivity index (χ2n) is 6.55. The van der Waals surface area contributed by atoms with Crippen molar-refractivity contribution in [2.75, 3.05) is 23.4 Å². The molecule has 0 fully saturated rings. The van der Waals surface area contributed by atoms with E-state index < -0.39 is 0 Å². The van der Waals surface area contributed by atoms with Gasteiger partial charge in [0.05, 0.1) is 17.6 Å². The summed E-state index contributed by atoms with van der Waals surface area (Å²) in [4.78, 5) is 16.1. The van der Waals surface area contributed by atoms with Gasteiger partial charge in [0, 0.05) is 12.7 Å². The first-order valence-electron chi connectivity index (χ1n) is 9.28. The maximum absolute atomic E-state index is 5.77. The summed E-state index contributed by atoms with van der Waals surface area (Å²) in [5.41, 5.74) is 2.83. The number of para-hydroxylation sites is 2. The van der Waals surface area contributed by atoms with Crippen LogP contribution in [-0.4, -0.2) is 28.1 Å². The predicted octanol–water partition coefficient (Wildman–Crippen LogP) is 4.17. The summed E-state index contributed by atoms with van der Waals surface area (Å²) in [6.07, 6.45) is 1.76. The van der Waals surface area contributed by atoms with E-state index in [1.165, 1.54) is 5.56 Å². The van der Waals surface area contributed by atoms with Gasteiger partial charge in [-0.05, 0) is 29.8 Å². The largest absolute Gasteiger partial charge is 0.490 e. The summed E-state index contributed by atoms with van der Waals surface area (Å²) in [6.45, 7) is 1.96. The number of fused-ring (bicyclic) bond motifs is 2. The van der Waals surface area contributed by atoms with Crippen molar-refractivity contribution in [2.24, 2.45) is 0 Å². The number of hydrogen-bond donors (Lipinski definition) is 1. The van der Waals surface area contributed by atoms with Crippen LogP contribution in [0, 0.1) is 0 Å². The summed E-state index contributed by atoms with van der Waals surface area (Å²) < 4.78 is 5.77. The monoisotopic (exact) mass is 369 g/mol. The molecule has 5 rings (SSSR count). The molecule has 2 aromatic heterocycles. The van der Waals surface area contributed by atoms with Gasteiger partial charge in [-0.25, -0.2) is 4.98 Å². The maximum atomic E-state index is 5.77. The summed E-state index contributed by atoms with van der Waals surface area (Å²) in [6, 6.07) is 22.1. The van der Waals surface area contributed by atoms with Gasteiger partial charge in [-0.3, -0.25) is 0 Å². The Morgan fingerprint density at radius 3 is 2.71 bits per heavy atom. The Labute approximate surface area is 162 Å². The van der Waals surface area contributed by atoms with E-state index in [4.69, 9.17) is 14.7 Å². The fourth-order valence-corrected chi connectivity index (χ4v) is 3.37. The smallest absolute Gasteiger partial charge is 0.234 e. The molecule has 0 radical (unpaired) electrons. The molecule has 0 aliphatic carbocycles. The molecule has 0 saturated carbocycles. The van der Waals surface area contributed by atoms with Crippen LogP contribution in [0.25, 0.3) is 11.0 Å². The SMILES string of the molecule is c1ccc(CNc2nc(N3CCOc4ccccc43)nc3ncccc23)cc1. The zero-order valence-corrected chi connectivity index (χ0v) is 15.2. The van der Waals surface area contributed by atoms with E-state index in [1.54, 1.807) is 6.20 Å². The number of nitrogens with zero attached hydrogens (tertiary/aromatic N) is 4. The molecule has 3 heterocycles. The normalized spacial score (nSPS) is 13.1. The molecule has 4 aromatic rings. The summed E-state index contributed by atoms with van der Waals surface area (Å²) in [5.74, 6) is 2.25. The van der Waals surface area contributed by atoms with E-state index in [1.807, 2.05) is 54.6 Å². The van der Waals surface area contributed by atoms with Crippen LogP contribution in [0.1, 0.15) is 5.56 Å².